The summed E-state index contributed by atoms with van der Waals surface area (Å²) in [5.74, 6) is 0.383. The van der Waals surface area contributed by atoms with Crippen LogP contribution in [0.15, 0.2) is 73.1 Å². The van der Waals surface area contributed by atoms with Crippen molar-refractivity contribution in [2.24, 2.45) is 0 Å². The molecule has 1 atom stereocenters. The average Bonchev–Trinajstić information content (AvgIpc) is 3.21. The molecule has 0 aliphatic carbocycles. The number of hydrogen-bond acceptors (Lipinski definition) is 5. The Hall–Kier alpha value is -4.11. The van der Waals surface area contributed by atoms with Crippen molar-refractivity contribution in [2.75, 3.05) is 12.4 Å². The topological polar surface area (TPSA) is 90.8 Å². The average molecular weight is 382 g/mol. The maximum absolute atomic E-state index is 13.5. The lowest BCUT2D eigenvalue weighted by atomic mass is 9.96. The van der Waals surface area contributed by atoms with Gasteiger partial charge < -0.3 is 15.0 Å². The van der Waals surface area contributed by atoms with Crippen LogP contribution in [-0.4, -0.2) is 22.9 Å². The third kappa shape index (κ3) is 3.66. The van der Waals surface area contributed by atoms with Crippen LogP contribution < -0.4 is 10.1 Å². The highest BCUT2D eigenvalue weighted by Gasteiger charge is 2.24. The van der Waals surface area contributed by atoms with E-state index in [0.29, 0.717) is 17.0 Å². The lowest BCUT2D eigenvalue weighted by Crippen LogP contribution is -2.21. The van der Waals surface area contributed by atoms with Gasteiger partial charge in [-0.15, -0.1) is 0 Å². The monoisotopic (exact) mass is 382 g/mol. The number of nitrogens with zero attached hydrogens (tertiary/aromatic N) is 2. The molecule has 2 aromatic heterocycles. The molecule has 0 aliphatic rings. The summed E-state index contributed by atoms with van der Waals surface area (Å²) in [7, 11) is 1.55. The number of nitriles is 1. The number of anilines is 1. The van der Waals surface area contributed by atoms with Crippen LogP contribution >= 0.6 is 0 Å². The lowest BCUT2D eigenvalue weighted by Gasteiger charge is -2.19. The third-order valence-electron chi connectivity index (χ3n) is 4.73. The quantitative estimate of drug-likeness (QED) is 0.480. The molecule has 142 valence electrons. The molecular formula is C23H18N4O2. The maximum Gasteiger partial charge on any atom is 0.214 e. The molecular weight excluding hydrogens is 364 g/mol. The van der Waals surface area contributed by atoms with Gasteiger partial charge in [-0.1, -0.05) is 36.4 Å². The van der Waals surface area contributed by atoms with Gasteiger partial charge in [0.05, 0.1) is 18.7 Å². The molecule has 2 N–H and O–H groups in total. The van der Waals surface area contributed by atoms with E-state index in [4.69, 9.17) is 10.00 Å². The molecule has 1 unspecified atom stereocenters. The Bertz CT molecular complexity index is 1210. The van der Waals surface area contributed by atoms with Crippen molar-refractivity contribution < 1.29 is 9.53 Å². The summed E-state index contributed by atoms with van der Waals surface area (Å²) in [6.45, 7) is 0. The number of carbonyl (C=O) groups is 1. The molecule has 0 saturated heterocycles. The van der Waals surface area contributed by atoms with Crippen molar-refractivity contribution >= 4 is 22.4 Å². The summed E-state index contributed by atoms with van der Waals surface area (Å²) in [5, 5.41) is 13.2. The van der Waals surface area contributed by atoms with Crippen molar-refractivity contribution in [3.05, 3.63) is 89.7 Å². The first-order valence-electron chi connectivity index (χ1n) is 9.06. The molecule has 6 heteroatoms. The van der Waals surface area contributed by atoms with Gasteiger partial charge in [0.2, 0.25) is 5.88 Å². The Morgan fingerprint density at radius 2 is 2.00 bits per heavy atom. The number of ether oxygens (including phenoxy) is 1. The molecule has 0 radical (unpaired) electrons. The second-order valence-corrected chi connectivity index (χ2v) is 6.51. The zero-order valence-corrected chi connectivity index (χ0v) is 15.7. The standard InChI is InChI=1S/C23H18N4O2/c1-29-21-12-17(9-10-25-21)27-22(16-5-3-2-4-6-16)23(28)19-14-26-20-11-15(13-24)7-8-18(19)20/h2-12,14,22,26H,1H3,(H,25,27). The van der Waals surface area contributed by atoms with Gasteiger partial charge in [0.25, 0.3) is 0 Å². The number of benzene rings is 2. The van der Waals surface area contributed by atoms with Crippen LogP contribution in [0.5, 0.6) is 5.88 Å². The molecule has 0 spiro atoms. The second kappa shape index (κ2) is 7.87. The number of aromatic nitrogens is 2. The highest BCUT2D eigenvalue weighted by molar-refractivity contribution is 6.11. The van der Waals surface area contributed by atoms with E-state index in [1.807, 2.05) is 30.3 Å². The second-order valence-electron chi connectivity index (χ2n) is 6.51. The number of ketones is 1. The number of carbonyl (C=O) groups excluding carboxylic acids is 1. The van der Waals surface area contributed by atoms with Crippen molar-refractivity contribution in [2.45, 2.75) is 6.04 Å². The van der Waals surface area contributed by atoms with Gasteiger partial charge in [-0.2, -0.15) is 5.26 Å². The summed E-state index contributed by atoms with van der Waals surface area (Å²) < 4.78 is 5.19. The fraction of sp³-hybridized carbons (Fsp3) is 0.0870. The Morgan fingerprint density at radius 1 is 1.17 bits per heavy atom. The molecule has 2 aromatic carbocycles. The van der Waals surface area contributed by atoms with Gasteiger partial charge in [0, 0.05) is 40.6 Å². The van der Waals surface area contributed by atoms with Crippen LogP contribution in [0.1, 0.15) is 27.5 Å². The predicted octanol–water partition coefficient (Wildman–Crippen LogP) is 4.48. The van der Waals surface area contributed by atoms with Gasteiger partial charge in [0.15, 0.2) is 5.78 Å². The molecule has 4 rings (SSSR count). The largest absolute Gasteiger partial charge is 0.481 e. The van der Waals surface area contributed by atoms with Gasteiger partial charge in [-0.25, -0.2) is 4.98 Å². The van der Waals surface area contributed by atoms with Crippen LogP contribution in [0.2, 0.25) is 0 Å². The van der Waals surface area contributed by atoms with E-state index in [-0.39, 0.29) is 5.78 Å². The summed E-state index contributed by atoms with van der Waals surface area (Å²) >= 11 is 0. The zero-order valence-electron chi connectivity index (χ0n) is 15.7. The summed E-state index contributed by atoms with van der Waals surface area (Å²) in [6.07, 6.45) is 3.32. The summed E-state index contributed by atoms with van der Waals surface area (Å²) in [5.41, 5.74) is 3.43. The SMILES string of the molecule is COc1cc(NC(C(=O)c2c[nH]c3cc(C#N)ccc23)c2ccccc2)ccn1. The smallest absolute Gasteiger partial charge is 0.214 e. The molecule has 2 heterocycles. The number of aromatic amines is 1. The fourth-order valence-corrected chi connectivity index (χ4v) is 3.28. The van der Waals surface area contributed by atoms with Gasteiger partial charge in [0.1, 0.15) is 6.04 Å². The van der Waals surface area contributed by atoms with Crippen molar-refractivity contribution in [3.8, 4) is 11.9 Å². The number of H-pyrrole nitrogens is 1. The Balaban J connectivity index is 1.75. The normalized spacial score (nSPS) is 11.6. The van der Waals surface area contributed by atoms with E-state index in [1.54, 1.807) is 49.8 Å². The van der Waals surface area contributed by atoms with Crippen LogP contribution in [0.25, 0.3) is 10.9 Å². The molecule has 0 saturated carbocycles. The van der Waals surface area contributed by atoms with Crippen LogP contribution in [0, 0.1) is 11.3 Å². The van der Waals surface area contributed by atoms with E-state index in [0.717, 1.165) is 22.2 Å². The minimum absolute atomic E-state index is 0.0806. The van der Waals surface area contributed by atoms with E-state index in [1.165, 1.54) is 0 Å². The fourth-order valence-electron chi connectivity index (χ4n) is 3.28. The molecule has 0 aliphatic heterocycles. The van der Waals surface area contributed by atoms with Crippen LogP contribution in [-0.2, 0) is 0 Å². The molecule has 0 bridgehead atoms. The van der Waals surface area contributed by atoms with E-state index in [2.05, 4.69) is 21.4 Å². The maximum atomic E-state index is 13.5. The first-order valence-corrected chi connectivity index (χ1v) is 9.06. The van der Waals surface area contributed by atoms with Crippen LogP contribution in [0.3, 0.4) is 0 Å². The first-order chi connectivity index (χ1) is 14.2. The van der Waals surface area contributed by atoms with E-state index in [9.17, 15) is 4.79 Å². The summed E-state index contributed by atoms with van der Waals surface area (Å²) in [6, 6.07) is 19.9. The number of nitrogens with one attached hydrogen (secondary N) is 2. The number of methoxy groups -OCH3 is 1. The molecule has 29 heavy (non-hydrogen) atoms. The van der Waals surface area contributed by atoms with Gasteiger partial charge in [-0.3, -0.25) is 4.79 Å². The first kappa shape index (κ1) is 18.3. The zero-order chi connectivity index (χ0) is 20.2. The Kier molecular flexibility index (Phi) is 4.95. The van der Waals surface area contributed by atoms with Crippen LogP contribution in [0.4, 0.5) is 5.69 Å². The molecule has 6 nitrogen and oxygen atoms in total. The summed E-state index contributed by atoms with van der Waals surface area (Å²) in [4.78, 5) is 20.8. The number of rotatable bonds is 6. The van der Waals surface area contributed by atoms with Gasteiger partial charge in [-0.05, 0) is 23.8 Å². The number of fused-ring (bicyclic) bond motifs is 1. The van der Waals surface area contributed by atoms with Gasteiger partial charge >= 0.3 is 0 Å². The number of pyridine rings is 1. The highest BCUT2D eigenvalue weighted by atomic mass is 16.5. The molecule has 0 amide bonds. The Labute approximate surface area is 167 Å². The van der Waals surface area contributed by atoms with E-state index < -0.39 is 6.04 Å². The van der Waals surface area contributed by atoms with E-state index >= 15 is 0 Å². The highest BCUT2D eigenvalue weighted by Crippen LogP contribution is 2.28. The van der Waals surface area contributed by atoms with Crippen molar-refractivity contribution in [3.63, 3.8) is 0 Å². The number of Topliss-reactive ketones (excluding diaryl/α,β-unsaturated/α-hetero) is 1. The number of hydrogen-bond donors (Lipinski definition) is 2. The lowest BCUT2D eigenvalue weighted by molar-refractivity contribution is 0.0971. The van der Waals surface area contributed by atoms with Crippen molar-refractivity contribution in [1.82, 2.24) is 9.97 Å². The van der Waals surface area contributed by atoms with Crippen molar-refractivity contribution in [1.29, 1.82) is 5.26 Å². The Morgan fingerprint density at radius 3 is 2.76 bits per heavy atom. The molecule has 0 fully saturated rings. The molecule has 4 aromatic rings. The minimum Gasteiger partial charge on any atom is -0.481 e. The third-order valence-corrected chi connectivity index (χ3v) is 4.73. The predicted molar refractivity (Wildman–Crippen MR) is 111 cm³/mol. The minimum atomic E-state index is -0.599.